The molecule has 1 aliphatic rings. The Kier molecular flexibility index (Phi) is 2.08. The highest BCUT2D eigenvalue weighted by atomic mass is 19.1. The summed E-state index contributed by atoms with van der Waals surface area (Å²) in [6, 6.07) is 6.17. The van der Waals surface area contributed by atoms with Crippen LogP contribution in [0.4, 0.5) is 4.39 Å². The number of hydrogen-bond donors (Lipinski definition) is 1. The topological polar surface area (TPSA) is 29.1 Å². The maximum atomic E-state index is 13.4. The lowest BCUT2D eigenvalue weighted by Gasteiger charge is -2.13. The number of benzene rings is 1. The summed E-state index contributed by atoms with van der Waals surface area (Å²) in [4.78, 5) is 11.0. The molecule has 0 aromatic heterocycles. The summed E-state index contributed by atoms with van der Waals surface area (Å²) >= 11 is 0. The molecule has 2 nitrogen and oxygen atoms in total. The van der Waals surface area contributed by atoms with Gasteiger partial charge in [-0.3, -0.25) is 4.79 Å². The quantitative estimate of drug-likeness (QED) is 0.722. The van der Waals surface area contributed by atoms with Gasteiger partial charge in [0.1, 0.15) is 5.82 Å². The van der Waals surface area contributed by atoms with Crippen molar-refractivity contribution in [3.05, 3.63) is 47.3 Å². The molecule has 1 atom stereocenters. The third-order valence-electron chi connectivity index (χ3n) is 2.32. The zero-order chi connectivity index (χ0) is 10.1. The van der Waals surface area contributed by atoms with E-state index in [1.54, 1.807) is 18.2 Å². The second-order valence-electron chi connectivity index (χ2n) is 3.35. The summed E-state index contributed by atoms with van der Waals surface area (Å²) in [7, 11) is 0. The molecule has 1 aromatic carbocycles. The first kappa shape index (κ1) is 8.94. The van der Waals surface area contributed by atoms with Crippen LogP contribution in [0.25, 0.3) is 0 Å². The van der Waals surface area contributed by atoms with E-state index in [2.05, 4.69) is 5.32 Å². The zero-order valence-corrected chi connectivity index (χ0v) is 7.75. The van der Waals surface area contributed by atoms with Gasteiger partial charge < -0.3 is 5.32 Å². The Morgan fingerprint density at radius 2 is 2.07 bits per heavy atom. The third-order valence-corrected chi connectivity index (χ3v) is 2.32. The maximum absolute atomic E-state index is 13.4. The van der Waals surface area contributed by atoms with E-state index in [1.165, 1.54) is 12.1 Å². The van der Waals surface area contributed by atoms with Crippen molar-refractivity contribution in [1.82, 2.24) is 5.32 Å². The number of hydrogen-bond acceptors (Lipinski definition) is 1. The third kappa shape index (κ3) is 1.41. The standard InChI is InChI=1S/C11H10FNO/c1-7-6-10(14)13-11(7)8-4-2-3-5-9(8)12/h2-6,11H,1H3,(H,13,14). The molecule has 1 N–H and O–H groups in total. The number of carbonyl (C=O) groups excluding carboxylic acids is 1. The number of halogens is 1. The van der Waals surface area contributed by atoms with Gasteiger partial charge in [0.05, 0.1) is 6.04 Å². The summed E-state index contributed by atoms with van der Waals surface area (Å²) in [6.45, 7) is 1.81. The van der Waals surface area contributed by atoms with E-state index >= 15 is 0 Å². The maximum Gasteiger partial charge on any atom is 0.244 e. The number of rotatable bonds is 1. The average Bonchev–Trinajstić information content (AvgIpc) is 2.46. The lowest BCUT2D eigenvalue weighted by atomic mass is 10.0. The normalized spacial score (nSPS) is 20.6. The number of carbonyl (C=O) groups is 1. The first-order valence-electron chi connectivity index (χ1n) is 4.41. The SMILES string of the molecule is CC1=CC(=O)NC1c1ccccc1F. The monoisotopic (exact) mass is 191 g/mol. The van der Waals surface area contributed by atoms with Crippen LogP contribution in [0.3, 0.4) is 0 Å². The molecule has 0 bridgehead atoms. The van der Waals surface area contributed by atoms with Crippen molar-refractivity contribution in [3.8, 4) is 0 Å². The van der Waals surface area contributed by atoms with E-state index in [0.29, 0.717) is 5.56 Å². The summed E-state index contributed by atoms with van der Waals surface area (Å²) in [6.07, 6.45) is 1.50. The Morgan fingerprint density at radius 3 is 2.64 bits per heavy atom. The molecule has 1 heterocycles. The first-order valence-corrected chi connectivity index (χ1v) is 4.41. The molecular weight excluding hydrogens is 181 g/mol. The van der Waals surface area contributed by atoms with Crippen LogP contribution in [0.1, 0.15) is 18.5 Å². The van der Waals surface area contributed by atoms with Crippen LogP contribution in [-0.4, -0.2) is 5.91 Å². The fourth-order valence-corrected chi connectivity index (χ4v) is 1.62. The number of amides is 1. The van der Waals surface area contributed by atoms with E-state index in [0.717, 1.165) is 5.57 Å². The summed E-state index contributed by atoms with van der Waals surface area (Å²) in [5.74, 6) is -0.441. The molecule has 1 amide bonds. The molecule has 0 radical (unpaired) electrons. The van der Waals surface area contributed by atoms with Crippen molar-refractivity contribution in [3.63, 3.8) is 0 Å². The average molecular weight is 191 g/mol. The van der Waals surface area contributed by atoms with E-state index in [4.69, 9.17) is 0 Å². The molecule has 14 heavy (non-hydrogen) atoms. The molecule has 1 aliphatic heterocycles. The Hall–Kier alpha value is -1.64. The smallest absolute Gasteiger partial charge is 0.244 e. The van der Waals surface area contributed by atoms with E-state index in [1.807, 2.05) is 6.92 Å². The molecule has 0 fully saturated rings. The molecule has 0 aliphatic carbocycles. The van der Waals surface area contributed by atoms with Crippen LogP contribution in [0, 0.1) is 5.82 Å². The molecule has 2 rings (SSSR count). The summed E-state index contributed by atoms with van der Waals surface area (Å²) in [5, 5.41) is 2.69. The second kappa shape index (κ2) is 3.25. The van der Waals surface area contributed by atoms with Crippen molar-refractivity contribution >= 4 is 5.91 Å². The Balaban J connectivity index is 2.38. The van der Waals surface area contributed by atoms with Crippen molar-refractivity contribution in [2.75, 3.05) is 0 Å². The lowest BCUT2D eigenvalue weighted by Crippen LogP contribution is -2.21. The van der Waals surface area contributed by atoms with Gasteiger partial charge >= 0.3 is 0 Å². The Morgan fingerprint density at radius 1 is 1.36 bits per heavy atom. The molecular formula is C11H10FNO. The van der Waals surface area contributed by atoms with Crippen molar-refractivity contribution in [2.45, 2.75) is 13.0 Å². The van der Waals surface area contributed by atoms with Gasteiger partial charge in [-0.15, -0.1) is 0 Å². The fraction of sp³-hybridized carbons (Fsp3) is 0.182. The van der Waals surface area contributed by atoms with Gasteiger partial charge in [-0.1, -0.05) is 18.2 Å². The van der Waals surface area contributed by atoms with Crippen LogP contribution in [0.15, 0.2) is 35.9 Å². The molecule has 0 spiro atoms. The highest BCUT2D eigenvalue weighted by Gasteiger charge is 2.23. The van der Waals surface area contributed by atoms with Crippen LogP contribution in [-0.2, 0) is 4.79 Å². The van der Waals surface area contributed by atoms with Gasteiger partial charge in [0, 0.05) is 11.6 Å². The van der Waals surface area contributed by atoms with Gasteiger partial charge in [0.2, 0.25) is 5.91 Å². The fourth-order valence-electron chi connectivity index (χ4n) is 1.62. The molecule has 0 saturated carbocycles. The van der Waals surface area contributed by atoms with E-state index in [9.17, 15) is 9.18 Å². The van der Waals surface area contributed by atoms with Crippen molar-refractivity contribution in [2.24, 2.45) is 0 Å². The minimum atomic E-state index is -0.302. The molecule has 1 unspecified atom stereocenters. The van der Waals surface area contributed by atoms with Crippen molar-refractivity contribution in [1.29, 1.82) is 0 Å². The van der Waals surface area contributed by atoms with Gasteiger partial charge in [-0.05, 0) is 18.6 Å². The summed E-state index contributed by atoms with van der Waals surface area (Å²) < 4.78 is 13.4. The summed E-state index contributed by atoms with van der Waals surface area (Å²) in [5.41, 5.74) is 1.37. The van der Waals surface area contributed by atoms with Crippen LogP contribution in [0.5, 0.6) is 0 Å². The van der Waals surface area contributed by atoms with Gasteiger partial charge in [-0.2, -0.15) is 0 Å². The second-order valence-corrected chi connectivity index (χ2v) is 3.35. The van der Waals surface area contributed by atoms with Gasteiger partial charge in [0.15, 0.2) is 0 Å². The predicted molar refractivity (Wildman–Crippen MR) is 51.0 cm³/mol. The zero-order valence-electron chi connectivity index (χ0n) is 7.75. The highest BCUT2D eigenvalue weighted by Crippen LogP contribution is 2.26. The van der Waals surface area contributed by atoms with Crippen LogP contribution < -0.4 is 5.32 Å². The van der Waals surface area contributed by atoms with Crippen LogP contribution >= 0.6 is 0 Å². The Bertz CT molecular complexity index is 412. The first-order chi connectivity index (χ1) is 6.68. The Labute approximate surface area is 81.4 Å². The van der Waals surface area contributed by atoms with Gasteiger partial charge in [0.25, 0.3) is 0 Å². The van der Waals surface area contributed by atoms with Crippen LogP contribution in [0.2, 0.25) is 0 Å². The van der Waals surface area contributed by atoms with E-state index in [-0.39, 0.29) is 17.8 Å². The minimum Gasteiger partial charge on any atom is -0.342 e. The molecule has 3 heteroatoms. The largest absolute Gasteiger partial charge is 0.342 e. The van der Waals surface area contributed by atoms with Gasteiger partial charge in [-0.25, -0.2) is 4.39 Å². The lowest BCUT2D eigenvalue weighted by molar-refractivity contribution is -0.116. The highest BCUT2D eigenvalue weighted by molar-refractivity contribution is 5.91. The molecule has 1 aromatic rings. The number of nitrogens with one attached hydrogen (secondary N) is 1. The van der Waals surface area contributed by atoms with Crippen molar-refractivity contribution < 1.29 is 9.18 Å². The minimum absolute atomic E-state index is 0.157. The van der Waals surface area contributed by atoms with E-state index < -0.39 is 0 Å². The molecule has 72 valence electrons. The predicted octanol–water partition coefficient (Wildman–Crippen LogP) is 1.94. The molecule has 0 saturated heterocycles.